The lowest BCUT2D eigenvalue weighted by atomic mass is 10.7. The van der Waals surface area contributed by atoms with Crippen LogP contribution in [0.5, 0.6) is 0 Å². The first-order chi connectivity index (χ1) is 5.61. The second-order valence-corrected chi connectivity index (χ2v) is 2.12. The van der Waals surface area contributed by atoms with Gasteiger partial charge in [-0.25, -0.2) is 9.59 Å². The van der Waals surface area contributed by atoms with Crippen LogP contribution in [0.15, 0.2) is 0 Å². The zero-order valence-electron chi connectivity index (χ0n) is 6.70. The molecule has 0 aromatic heterocycles. The number of carbonyl (C=O) groups excluding carboxylic acids is 2. The van der Waals surface area contributed by atoms with Gasteiger partial charge in [0.1, 0.15) is 6.61 Å². The van der Waals surface area contributed by atoms with E-state index in [-0.39, 0.29) is 6.61 Å². The maximum Gasteiger partial charge on any atom is 0.350 e. The normalized spacial score (nSPS) is 11.9. The molecule has 0 aliphatic heterocycles. The Morgan fingerprint density at radius 2 is 1.92 bits per heavy atom. The van der Waals surface area contributed by atoms with Gasteiger partial charge in [0, 0.05) is 0 Å². The molecule has 0 bridgehead atoms. The number of esters is 2. The summed E-state index contributed by atoms with van der Waals surface area (Å²) in [5.41, 5.74) is -1.27. The summed E-state index contributed by atoms with van der Waals surface area (Å²) in [5.74, 6) is -1.36. The van der Waals surface area contributed by atoms with E-state index in [4.69, 9.17) is 11.6 Å². The van der Waals surface area contributed by atoms with Gasteiger partial charge in [0.2, 0.25) is 5.56 Å². The molecule has 5 nitrogen and oxygen atoms in total. The van der Waals surface area contributed by atoms with E-state index in [9.17, 15) is 9.59 Å². The minimum Gasteiger partial charge on any atom is -0.467 e. The Bertz CT molecular complexity index is 169. The van der Waals surface area contributed by atoms with E-state index >= 15 is 0 Å². The fourth-order valence-corrected chi connectivity index (χ4v) is 0.513. The highest BCUT2D eigenvalue weighted by Crippen LogP contribution is 2.00. The lowest BCUT2D eigenvalue weighted by molar-refractivity contribution is -0.154. The molecule has 0 aromatic rings. The summed E-state index contributed by atoms with van der Waals surface area (Å²) < 4.78 is 13.0. The Kier molecular flexibility index (Phi) is 5.40. The Morgan fingerprint density at radius 3 is 2.33 bits per heavy atom. The van der Waals surface area contributed by atoms with Crippen molar-refractivity contribution >= 4 is 23.5 Å². The quantitative estimate of drug-likeness (QED) is 0.465. The van der Waals surface area contributed by atoms with E-state index < -0.39 is 17.5 Å². The highest BCUT2D eigenvalue weighted by atomic mass is 35.5. The van der Waals surface area contributed by atoms with E-state index in [1.54, 1.807) is 0 Å². The van der Waals surface area contributed by atoms with Gasteiger partial charge in [-0.3, -0.25) is 0 Å². The summed E-state index contributed by atoms with van der Waals surface area (Å²) in [4.78, 5) is 21.1. The fraction of sp³-hybridized carbons (Fsp3) is 0.667. The molecule has 0 spiro atoms. The topological polar surface area (TPSA) is 61.8 Å². The number of alkyl halides is 1. The molecule has 1 unspecified atom stereocenters. The number of halogens is 1. The van der Waals surface area contributed by atoms with Crippen LogP contribution >= 0.6 is 11.6 Å². The van der Waals surface area contributed by atoms with Crippen LogP contribution in [0, 0.1) is 0 Å². The molecule has 12 heavy (non-hydrogen) atoms. The van der Waals surface area contributed by atoms with Crippen molar-refractivity contribution in [2.24, 2.45) is 0 Å². The molecule has 0 fully saturated rings. The van der Waals surface area contributed by atoms with Gasteiger partial charge in [-0.1, -0.05) is 11.6 Å². The lowest BCUT2D eigenvalue weighted by Gasteiger charge is -2.06. The molecule has 70 valence electrons. The summed E-state index contributed by atoms with van der Waals surface area (Å²) >= 11 is 5.33. The summed E-state index contributed by atoms with van der Waals surface area (Å²) in [6.45, 7) is -0.375. The van der Waals surface area contributed by atoms with Crippen LogP contribution in [-0.2, 0) is 23.8 Å². The Morgan fingerprint density at radius 1 is 1.33 bits per heavy atom. The SMILES string of the molecule is COC(=O)COC(Cl)C(=O)OC. The van der Waals surface area contributed by atoms with Crippen molar-refractivity contribution in [1.82, 2.24) is 0 Å². The third-order valence-electron chi connectivity index (χ3n) is 0.962. The first-order valence-corrected chi connectivity index (χ1v) is 3.45. The molecule has 0 saturated carbocycles. The van der Waals surface area contributed by atoms with E-state index in [1.165, 1.54) is 14.2 Å². The summed E-state index contributed by atoms with van der Waals surface area (Å²) in [6, 6.07) is 0. The summed E-state index contributed by atoms with van der Waals surface area (Å²) in [6.07, 6.45) is 0. The molecule has 0 amide bonds. The summed E-state index contributed by atoms with van der Waals surface area (Å²) in [5, 5.41) is 0. The Labute approximate surface area is 74.5 Å². The van der Waals surface area contributed by atoms with Crippen LogP contribution in [0.2, 0.25) is 0 Å². The second kappa shape index (κ2) is 5.79. The zero-order chi connectivity index (χ0) is 9.56. The number of hydrogen-bond acceptors (Lipinski definition) is 5. The predicted octanol–water partition coefficient (Wildman–Crippen LogP) is -0.0861. The van der Waals surface area contributed by atoms with Gasteiger partial charge in [0.15, 0.2) is 0 Å². The van der Waals surface area contributed by atoms with Crippen molar-refractivity contribution < 1.29 is 23.8 Å². The van der Waals surface area contributed by atoms with Crippen molar-refractivity contribution in [2.75, 3.05) is 20.8 Å². The number of hydrogen-bond donors (Lipinski definition) is 0. The molecular weight excluding hydrogens is 188 g/mol. The maximum atomic E-state index is 10.6. The van der Waals surface area contributed by atoms with Crippen molar-refractivity contribution in [3.05, 3.63) is 0 Å². The van der Waals surface area contributed by atoms with Crippen LogP contribution < -0.4 is 0 Å². The molecule has 0 N–H and O–H groups in total. The Balaban J connectivity index is 3.63. The standard InChI is InChI=1S/C6H9ClO5/c1-10-4(8)3-12-5(7)6(9)11-2/h5H,3H2,1-2H3. The van der Waals surface area contributed by atoms with Crippen LogP contribution in [0.4, 0.5) is 0 Å². The average Bonchev–Trinajstić information content (AvgIpc) is 2.11. The van der Waals surface area contributed by atoms with Gasteiger partial charge in [-0.2, -0.15) is 0 Å². The van der Waals surface area contributed by atoms with Gasteiger partial charge < -0.3 is 14.2 Å². The smallest absolute Gasteiger partial charge is 0.350 e. The first-order valence-electron chi connectivity index (χ1n) is 3.02. The molecule has 0 aliphatic carbocycles. The van der Waals surface area contributed by atoms with Crippen molar-refractivity contribution in [3.8, 4) is 0 Å². The minimum absolute atomic E-state index is 0.375. The third kappa shape index (κ3) is 4.15. The predicted molar refractivity (Wildman–Crippen MR) is 39.6 cm³/mol. The summed E-state index contributed by atoms with van der Waals surface area (Å²) in [7, 11) is 2.37. The molecule has 6 heteroatoms. The van der Waals surface area contributed by atoms with Crippen LogP contribution in [0.1, 0.15) is 0 Å². The van der Waals surface area contributed by atoms with Gasteiger partial charge in [-0.15, -0.1) is 0 Å². The highest BCUT2D eigenvalue weighted by molar-refractivity contribution is 6.28. The van der Waals surface area contributed by atoms with E-state index in [0.29, 0.717) is 0 Å². The van der Waals surface area contributed by atoms with Crippen LogP contribution in [-0.4, -0.2) is 38.3 Å². The molecule has 0 aromatic carbocycles. The number of carbonyl (C=O) groups is 2. The highest BCUT2D eigenvalue weighted by Gasteiger charge is 2.17. The second-order valence-electron chi connectivity index (χ2n) is 1.73. The Hall–Kier alpha value is -0.810. The van der Waals surface area contributed by atoms with Gasteiger partial charge >= 0.3 is 11.9 Å². The van der Waals surface area contributed by atoms with Gasteiger partial charge in [0.05, 0.1) is 14.2 Å². The van der Waals surface area contributed by atoms with Crippen LogP contribution in [0.25, 0.3) is 0 Å². The third-order valence-corrected chi connectivity index (χ3v) is 1.27. The number of rotatable bonds is 4. The molecule has 0 aliphatic rings. The molecule has 0 heterocycles. The van der Waals surface area contributed by atoms with E-state index in [0.717, 1.165) is 0 Å². The van der Waals surface area contributed by atoms with E-state index in [2.05, 4.69) is 14.2 Å². The lowest BCUT2D eigenvalue weighted by Crippen LogP contribution is -2.23. The number of ether oxygens (including phenoxy) is 3. The average molecular weight is 197 g/mol. The molecule has 0 radical (unpaired) electrons. The largest absolute Gasteiger partial charge is 0.467 e. The van der Waals surface area contributed by atoms with Crippen molar-refractivity contribution in [3.63, 3.8) is 0 Å². The molecule has 0 saturated heterocycles. The molecule has 1 atom stereocenters. The van der Waals surface area contributed by atoms with Crippen LogP contribution in [0.3, 0.4) is 0 Å². The first kappa shape index (κ1) is 11.2. The van der Waals surface area contributed by atoms with Crippen molar-refractivity contribution in [1.29, 1.82) is 0 Å². The maximum absolute atomic E-state index is 10.6. The fourth-order valence-electron chi connectivity index (χ4n) is 0.361. The minimum atomic E-state index is -1.27. The number of methoxy groups -OCH3 is 2. The molecule has 0 rings (SSSR count). The van der Waals surface area contributed by atoms with E-state index in [1.807, 2.05) is 0 Å². The zero-order valence-corrected chi connectivity index (χ0v) is 7.46. The van der Waals surface area contributed by atoms with Gasteiger partial charge in [0.25, 0.3) is 0 Å². The van der Waals surface area contributed by atoms with Crippen molar-refractivity contribution in [2.45, 2.75) is 5.56 Å². The molecular formula is C6H9ClO5. The van der Waals surface area contributed by atoms with Gasteiger partial charge in [-0.05, 0) is 0 Å². The monoisotopic (exact) mass is 196 g/mol.